The van der Waals surface area contributed by atoms with Gasteiger partial charge in [0.25, 0.3) is 5.95 Å². The zero-order chi connectivity index (χ0) is 16.2. The van der Waals surface area contributed by atoms with E-state index in [1.54, 1.807) is 13.2 Å². The molecule has 114 valence electrons. The number of carbonyl (C=O) groups excluding carboxylic acids is 1. The van der Waals surface area contributed by atoms with E-state index in [1.165, 1.54) is 11.8 Å². The monoisotopic (exact) mass is 320 g/mol. The quantitative estimate of drug-likeness (QED) is 0.397. The van der Waals surface area contributed by atoms with Gasteiger partial charge < -0.3 is 5.11 Å². The third-order valence-corrected chi connectivity index (χ3v) is 2.66. The van der Waals surface area contributed by atoms with Crippen LogP contribution in [0.15, 0.2) is 21.5 Å². The molecule has 1 aromatic heterocycles. The molecule has 0 aromatic carbocycles. The Labute approximate surface area is 122 Å². The fraction of sp³-hybridized carbons (Fsp3) is 0.364. The molecule has 0 unspecified atom stereocenters. The number of hydrogen-bond acceptors (Lipinski definition) is 7. The molecule has 6 nitrogen and oxygen atoms in total. The van der Waals surface area contributed by atoms with E-state index < -0.39 is 23.3 Å². The first-order valence-electron chi connectivity index (χ1n) is 5.47. The summed E-state index contributed by atoms with van der Waals surface area (Å²) in [6, 6.07) is 0. The molecule has 0 bridgehead atoms. The standard InChI is InChI=1S/C11H11F3N4O2S/c1-5(19)7(8(20)11(12,13)14)4-15-9-16-6(2)17-10(18-9)21-3/h4,20H,1-3H3. The van der Waals surface area contributed by atoms with E-state index in [1.807, 2.05) is 0 Å². The average molecular weight is 320 g/mol. The number of aliphatic hydroxyl groups is 1. The molecule has 1 N–H and O–H groups in total. The summed E-state index contributed by atoms with van der Waals surface area (Å²) < 4.78 is 37.2. The van der Waals surface area contributed by atoms with Gasteiger partial charge in [0.15, 0.2) is 10.9 Å². The number of allylic oxidation sites excluding steroid dienone is 2. The Kier molecular flexibility index (Phi) is 5.41. The van der Waals surface area contributed by atoms with Crippen LogP contribution >= 0.6 is 11.8 Å². The molecule has 1 heterocycles. The van der Waals surface area contributed by atoms with E-state index in [0.717, 1.165) is 6.92 Å². The first kappa shape index (κ1) is 17.1. The third-order valence-electron chi connectivity index (χ3n) is 2.11. The number of rotatable bonds is 4. The normalized spacial score (nSPS) is 13.4. The summed E-state index contributed by atoms with van der Waals surface area (Å²) in [6.45, 7) is 2.45. The Morgan fingerprint density at radius 1 is 1.33 bits per heavy atom. The summed E-state index contributed by atoms with van der Waals surface area (Å²) >= 11 is 1.20. The van der Waals surface area contributed by atoms with Crippen molar-refractivity contribution in [2.24, 2.45) is 4.99 Å². The smallest absolute Gasteiger partial charge is 0.449 e. The van der Waals surface area contributed by atoms with Gasteiger partial charge >= 0.3 is 6.18 Å². The molecule has 1 aromatic rings. The van der Waals surface area contributed by atoms with Crippen LogP contribution in [0.2, 0.25) is 0 Å². The molecule has 21 heavy (non-hydrogen) atoms. The lowest BCUT2D eigenvalue weighted by Crippen LogP contribution is -2.17. The highest BCUT2D eigenvalue weighted by Gasteiger charge is 2.37. The van der Waals surface area contributed by atoms with Crippen LogP contribution in [0.1, 0.15) is 12.7 Å². The van der Waals surface area contributed by atoms with Gasteiger partial charge in [-0.25, -0.2) is 9.98 Å². The van der Waals surface area contributed by atoms with E-state index in [2.05, 4.69) is 19.9 Å². The van der Waals surface area contributed by atoms with Crippen molar-refractivity contribution in [2.75, 3.05) is 6.26 Å². The number of thioether (sulfide) groups is 1. The third kappa shape index (κ3) is 4.81. The summed E-state index contributed by atoms with van der Waals surface area (Å²) in [5.41, 5.74) is -0.966. The van der Waals surface area contributed by atoms with Gasteiger partial charge in [0.05, 0.1) is 5.57 Å². The Bertz CT molecular complexity index is 614. The van der Waals surface area contributed by atoms with Crippen molar-refractivity contribution in [1.29, 1.82) is 0 Å². The van der Waals surface area contributed by atoms with Crippen molar-refractivity contribution in [3.05, 3.63) is 17.2 Å². The lowest BCUT2D eigenvalue weighted by atomic mass is 10.1. The lowest BCUT2D eigenvalue weighted by Gasteiger charge is -2.07. The average Bonchev–Trinajstić information content (AvgIpc) is 2.36. The summed E-state index contributed by atoms with van der Waals surface area (Å²) in [7, 11) is 0. The van der Waals surface area contributed by atoms with Gasteiger partial charge in [0, 0.05) is 6.21 Å². The van der Waals surface area contributed by atoms with E-state index in [0.29, 0.717) is 17.2 Å². The zero-order valence-corrected chi connectivity index (χ0v) is 12.1. The molecule has 0 saturated carbocycles. The second-order valence-electron chi connectivity index (χ2n) is 3.74. The van der Waals surface area contributed by atoms with E-state index in [4.69, 9.17) is 5.11 Å². The van der Waals surface area contributed by atoms with Crippen LogP contribution in [-0.4, -0.2) is 44.5 Å². The topological polar surface area (TPSA) is 88.3 Å². The maximum absolute atomic E-state index is 12.4. The van der Waals surface area contributed by atoms with Crippen molar-refractivity contribution in [2.45, 2.75) is 25.2 Å². The fourth-order valence-electron chi connectivity index (χ4n) is 1.19. The minimum Gasteiger partial charge on any atom is -0.504 e. The number of aliphatic imine (C=N–C) groups is 1. The summed E-state index contributed by atoms with van der Waals surface area (Å²) in [5, 5.41) is 9.37. The van der Waals surface area contributed by atoms with Crippen LogP contribution in [0.3, 0.4) is 0 Å². The predicted octanol–water partition coefficient (Wildman–Crippen LogP) is 2.57. The number of aliphatic hydroxyl groups excluding tert-OH is 1. The minimum atomic E-state index is -5.04. The van der Waals surface area contributed by atoms with Crippen LogP contribution in [0.25, 0.3) is 0 Å². The Morgan fingerprint density at radius 2 is 1.95 bits per heavy atom. The number of nitrogens with zero attached hydrogens (tertiary/aromatic N) is 4. The number of aryl methyl sites for hydroxylation is 1. The summed E-state index contributed by atoms with van der Waals surface area (Å²) in [4.78, 5) is 26.4. The number of alkyl halides is 3. The minimum absolute atomic E-state index is 0.152. The van der Waals surface area contributed by atoms with Gasteiger partial charge in [-0.1, -0.05) is 11.8 Å². The van der Waals surface area contributed by atoms with E-state index in [9.17, 15) is 18.0 Å². The first-order valence-corrected chi connectivity index (χ1v) is 6.69. The van der Waals surface area contributed by atoms with Gasteiger partial charge in [-0.05, 0) is 20.1 Å². The molecule has 0 saturated heterocycles. The van der Waals surface area contributed by atoms with Crippen molar-refractivity contribution in [3.8, 4) is 0 Å². The molecular formula is C11H11F3N4O2S. The lowest BCUT2D eigenvalue weighted by molar-refractivity contribution is -0.125. The molecule has 0 aliphatic heterocycles. The van der Waals surface area contributed by atoms with Crippen LogP contribution in [0, 0.1) is 6.92 Å². The predicted molar refractivity (Wildman–Crippen MR) is 70.9 cm³/mol. The van der Waals surface area contributed by atoms with Crippen LogP contribution in [0.5, 0.6) is 0 Å². The van der Waals surface area contributed by atoms with Gasteiger partial charge in [-0.3, -0.25) is 4.79 Å². The summed E-state index contributed by atoms with van der Waals surface area (Å²) in [5.74, 6) is -2.81. The molecule has 0 amide bonds. The number of aromatic nitrogens is 3. The van der Waals surface area contributed by atoms with E-state index in [-0.39, 0.29) is 5.95 Å². The van der Waals surface area contributed by atoms with E-state index >= 15 is 0 Å². The number of halogens is 3. The van der Waals surface area contributed by atoms with Crippen LogP contribution in [-0.2, 0) is 4.79 Å². The second-order valence-corrected chi connectivity index (χ2v) is 4.52. The second kappa shape index (κ2) is 6.66. The van der Waals surface area contributed by atoms with Crippen LogP contribution < -0.4 is 0 Å². The Morgan fingerprint density at radius 3 is 2.43 bits per heavy atom. The van der Waals surface area contributed by atoms with Crippen LogP contribution in [0.4, 0.5) is 19.1 Å². The molecule has 0 spiro atoms. The fourth-order valence-corrected chi connectivity index (χ4v) is 1.58. The number of hydrogen-bond donors (Lipinski definition) is 1. The number of carbonyl (C=O) groups is 1. The molecule has 0 aliphatic rings. The highest BCUT2D eigenvalue weighted by molar-refractivity contribution is 7.98. The molecule has 0 fully saturated rings. The summed E-state index contributed by atoms with van der Waals surface area (Å²) in [6.07, 6.45) is -2.74. The first-order chi connectivity index (χ1) is 9.65. The molecule has 10 heteroatoms. The van der Waals surface area contributed by atoms with Gasteiger partial charge in [0.1, 0.15) is 5.82 Å². The Hall–Kier alpha value is -1.97. The Balaban J connectivity index is 3.22. The molecule has 1 rings (SSSR count). The number of ketones is 1. The molecule has 0 radical (unpaired) electrons. The highest BCUT2D eigenvalue weighted by atomic mass is 32.2. The molecular weight excluding hydrogens is 309 g/mol. The highest BCUT2D eigenvalue weighted by Crippen LogP contribution is 2.26. The van der Waals surface area contributed by atoms with Gasteiger partial charge in [-0.15, -0.1) is 0 Å². The van der Waals surface area contributed by atoms with Gasteiger partial charge in [0.2, 0.25) is 5.76 Å². The maximum atomic E-state index is 12.4. The van der Waals surface area contributed by atoms with Crippen molar-refractivity contribution in [1.82, 2.24) is 15.0 Å². The SMILES string of the molecule is CSc1nc(C)nc(N=CC(C(C)=O)=C(O)C(F)(F)F)n1. The molecule has 0 atom stereocenters. The zero-order valence-electron chi connectivity index (χ0n) is 11.3. The van der Waals surface area contributed by atoms with Crippen molar-refractivity contribution < 1.29 is 23.1 Å². The number of Topliss-reactive ketones (excluding diaryl/α,β-unsaturated/α-hetero) is 1. The molecule has 0 aliphatic carbocycles. The van der Waals surface area contributed by atoms with Crippen molar-refractivity contribution in [3.63, 3.8) is 0 Å². The van der Waals surface area contributed by atoms with Gasteiger partial charge in [-0.2, -0.15) is 23.1 Å². The maximum Gasteiger partial charge on any atom is 0.449 e. The largest absolute Gasteiger partial charge is 0.504 e. The van der Waals surface area contributed by atoms with Crippen molar-refractivity contribution >= 4 is 29.7 Å².